The van der Waals surface area contributed by atoms with Crippen LogP contribution in [0.25, 0.3) is 0 Å². The Hall–Kier alpha value is -3.03. The maximum absolute atomic E-state index is 11.9. The number of aryl methyl sites for hydroxylation is 2. The fourth-order valence-corrected chi connectivity index (χ4v) is 2.15. The minimum atomic E-state index is -0.424. The maximum atomic E-state index is 11.9. The number of carbonyl (C=O) groups is 1. The predicted octanol–water partition coefficient (Wildman–Crippen LogP) is 1.44. The van der Waals surface area contributed by atoms with Crippen LogP contribution in [0.4, 0.5) is 5.69 Å². The van der Waals surface area contributed by atoms with Gasteiger partial charge in [0, 0.05) is 31.8 Å². The van der Waals surface area contributed by atoms with Crippen molar-refractivity contribution in [3.05, 3.63) is 68.1 Å². The molecular weight excluding hydrogens is 312 g/mol. The summed E-state index contributed by atoms with van der Waals surface area (Å²) in [6.07, 6.45) is 2.40. The molecule has 0 radical (unpaired) electrons. The van der Waals surface area contributed by atoms with E-state index in [-0.39, 0.29) is 22.8 Å². The summed E-state index contributed by atoms with van der Waals surface area (Å²) in [5.74, 6) is -0.319. The van der Waals surface area contributed by atoms with E-state index in [0.29, 0.717) is 6.54 Å². The quantitative estimate of drug-likeness (QED) is 0.469. The molecule has 0 aliphatic rings. The van der Waals surface area contributed by atoms with Crippen molar-refractivity contribution < 1.29 is 9.72 Å². The molecule has 0 fully saturated rings. The number of non-ortho nitro benzene ring substituents is 1. The number of carbonyl (C=O) groups excluding carboxylic acids is 1. The summed E-state index contributed by atoms with van der Waals surface area (Å²) in [7, 11) is 1.49. The fraction of sp³-hybridized carbons (Fsp3) is 0.312. The monoisotopic (exact) mass is 330 g/mol. The van der Waals surface area contributed by atoms with Gasteiger partial charge in [-0.3, -0.25) is 19.7 Å². The minimum absolute atomic E-state index is 0.0794. The molecular formula is C16H18N4O4. The zero-order valence-electron chi connectivity index (χ0n) is 13.3. The van der Waals surface area contributed by atoms with Gasteiger partial charge in [0.2, 0.25) is 0 Å². The summed E-state index contributed by atoms with van der Waals surface area (Å²) < 4.78 is 1.11. The van der Waals surface area contributed by atoms with Crippen LogP contribution in [0.1, 0.15) is 28.9 Å². The second-order valence-electron chi connectivity index (χ2n) is 5.32. The molecule has 0 spiro atoms. The lowest BCUT2D eigenvalue weighted by Gasteiger charge is -2.05. The highest BCUT2D eigenvalue weighted by molar-refractivity contribution is 5.91. The Morgan fingerprint density at radius 1 is 1.21 bits per heavy atom. The number of amides is 1. The number of hydrogen-bond acceptors (Lipinski definition) is 5. The van der Waals surface area contributed by atoms with Gasteiger partial charge in [-0.25, -0.2) is 4.68 Å². The highest BCUT2D eigenvalue weighted by Crippen LogP contribution is 2.13. The van der Waals surface area contributed by atoms with Crippen LogP contribution in [0, 0.1) is 10.1 Å². The minimum Gasteiger partial charge on any atom is -0.351 e. The van der Waals surface area contributed by atoms with Crippen LogP contribution >= 0.6 is 0 Å². The van der Waals surface area contributed by atoms with Crippen molar-refractivity contribution >= 4 is 11.6 Å². The highest BCUT2D eigenvalue weighted by atomic mass is 16.6. The molecule has 0 saturated heterocycles. The Kier molecular flexibility index (Phi) is 5.78. The van der Waals surface area contributed by atoms with Crippen molar-refractivity contribution in [2.75, 3.05) is 6.54 Å². The largest absolute Gasteiger partial charge is 0.351 e. The molecule has 0 unspecified atom stereocenters. The molecule has 126 valence electrons. The molecule has 0 aliphatic carbocycles. The van der Waals surface area contributed by atoms with Gasteiger partial charge in [-0.2, -0.15) is 5.10 Å². The van der Waals surface area contributed by atoms with Gasteiger partial charge in [-0.1, -0.05) is 12.1 Å². The van der Waals surface area contributed by atoms with E-state index in [1.54, 1.807) is 12.1 Å². The van der Waals surface area contributed by atoms with Gasteiger partial charge in [0.25, 0.3) is 17.2 Å². The van der Waals surface area contributed by atoms with Gasteiger partial charge >= 0.3 is 0 Å². The molecule has 0 aliphatic heterocycles. The van der Waals surface area contributed by atoms with Crippen molar-refractivity contribution in [1.82, 2.24) is 15.1 Å². The first-order chi connectivity index (χ1) is 11.5. The molecule has 24 heavy (non-hydrogen) atoms. The number of nitro groups is 1. The van der Waals surface area contributed by atoms with E-state index < -0.39 is 4.92 Å². The van der Waals surface area contributed by atoms with Crippen molar-refractivity contribution in [2.24, 2.45) is 7.05 Å². The molecule has 0 saturated carbocycles. The third kappa shape index (κ3) is 4.73. The van der Waals surface area contributed by atoms with Crippen LogP contribution in [0.3, 0.4) is 0 Å². The summed E-state index contributed by atoms with van der Waals surface area (Å²) in [6, 6.07) is 9.16. The summed E-state index contributed by atoms with van der Waals surface area (Å²) in [5.41, 5.74) is 1.03. The third-order valence-electron chi connectivity index (χ3n) is 3.52. The maximum Gasteiger partial charge on any atom is 0.271 e. The summed E-state index contributed by atoms with van der Waals surface area (Å²) in [6.45, 7) is 0.496. The van der Waals surface area contributed by atoms with E-state index in [1.807, 2.05) is 0 Å². The molecule has 1 aromatic heterocycles. The second-order valence-corrected chi connectivity index (χ2v) is 5.32. The van der Waals surface area contributed by atoms with E-state index in [2.05, 4.69) is 10.4 Å². The average molecular weight is 330 g/mol. The van der Waals surface area contributed by atoms with Crippen LogP contribution in [0.5, 0.6) is 0 Å². The first-order valence-electron chi connectivity index (χ1n) is 7.53. The number of nitro benzene ring substituents is 1. The van der Waals surface area contributed by atoms with E-state index in [1.165, 1.54) is 31.3 Å². The van der Waals surface area contributed by atoms with Gasteiger partial charge in [-0.05, 0) is 30.9 Å². The molecule has 2 aromatic rings. The number of unbranched alkanes of at least 4 members (excludes halogenated alkanes) is 1. The number of hydrogen-bond donors (Lipinski definition) is 1. The summed E-state index contributed by atoms with van der Waals surface area (Å²) in [4.78, 5) is 33.3. The molecule has 0 bridgehead atoms. The van der Waals surface area contributed by atoms with E-state index in [4.69, 9.17) is 0 Å². The average Bonchev–Trinajstić information content (AvgIpc) is 2.57. The Bertz CT molecular complexity index is 783. The number of nitrogens with one attached hydrogen (secondary N) is 1. The molecule has 8 heteroatoms. The number of rotatable bonds is 7. The normalized spacial score (nSPS) is 10.4. The third-order valence-corrected chi connectivity index (χ3v) is 3.52. The number of benzene rings is 1. The van der Waals surface area contributed by atoms with Gasteiger partial charge in [0.1, 0.15) is 5.69 Å². The molecule has 1 heterocycles. The molecule has 1 N–H and O–H groups in total. The molecule has 2 rings (SSSR count). The lowest BCUT2D eigenvalue weighted by molar-refractivity contribution is -0.384. The van der Waals surface area contributed by atoms with Gasteiger partial charge < -0.3 is 5.32 Å². The number of aromatic nitrogens is 2. The van der Waals surface area contributed by atoms with Gasteiger partial charge in [-0.15, -0.1) is 0 Å². The predicted molar refractivity (Wildman–Crippen MR) is 87.8 cm³/mol. The zero-order valence-corrected chi connectivity index (χ0v) is 13.3. The SMILES string of the molecule is Cn1nc(C(=O)NCCCCc2ccc([N+](=O)[O-])cc2)ccc1=O. The number of nitrogens with zero attached hydrogens (tertiary/aromatic N) is 3. The standard InChI is InChI=1S/C16H18N4O4/c1-19-15(21)10-9-14(18-19)16(22)17-11-3-2-4-12-5-7-13(8-6-12)20(23)24/h5-10H,2-4,11H2,1H3,(H,17,22). The second kappa shape index (κ2) is 8.00. The highest BCUT2D eigenvalue weighted by Gasteiger charge is 2.08. The van der Waals surface area contributed by atoms with Crippen LogP contribution in [0.2, 0.25) is 0 Å². The Morgan fingerprint density at radius 2 is 1.92 bits per heavy atom. The van der Waals surface area contributed by atoms with Crippen molar-refractivity contribution in [3.63, 3.8) is 0 Å². The van der Waals surface area contributed by atoms with Crippen LogP contribution in [-0.2, 0) is 13.5 Å². The summed E-state index contributed by atoms with van der Waals surface area (Å²) >= 11 is 0. The van der Waals surface area contributed by atoms with Crippen LogP contribution < -0.4 is 10.9 Å². The first-order valence-corrected chi connectivity index (χ1v) is 7.53. The molecule has 1 aromatic carbocycles. The van der Waals surface area contributed by atoms with E-state index in [0.717, 1.165) is 29.5 Å². The lowest BCUT2D eigenvalue weighted by Crippen LogP contribution is -2.29. The van der Waals surface area contributed by atoms with Gasteiger partial charge in [0.05, 0.1) is 4.92 Å². The van der Waals surface area contributed by atoms with Crippen molar-refractivity contribution in [2.45, 2.75) is 19.3 Å². The zero-order chi connectivity index (χ0) is 17.5. The molecule has 0 atom stereocenters. The van der Waals surface area contributed by atoms with E-state index >= 15 is 0 Å². The van der Waals surface area contributed by atoms with E-state index in [9.17, 15) is 19.7 Å². The summed E-state index contributed by atoms with van der Waals surface area (Å²) in [5, 5.41) is 17.2. The molecule has 1 amide bonds. The van der Waals surface area contributed by atoms with Crippen molar-refractivity contribution in [1.29, 1.82) is 0 Å². The van der Waals surface area contributed by atoms with Crippen molar-refractivity contribution in [3.8, 4) is 0 Å². The van der Waals surface area contributed by atoms with Gasteiger partial charge in [0.15, 0.2) is 0 Å². The smallest absolute Gasteiger partial charge is 0.271 e. The Labute approximate surface area is 138 Å². The lowest BCUT2D eigenvalue weighted by atomic mass is 10.1. The molecule has 8 nitrogen and oxygen atoms in total. The topological polar surface area (TPSA) is 107 Å². The van der Waals surface area contributed by atoms with Crippen LogP contribution in [-0.4, -0.2) is 27.2 Å². The first kappa shape index (κ1) is 17.3. The Balaban J connectivity index is 1.72. The fourth-order valence-electron chi connectivity index (χ4n) is 2.15. The Morgan fingerprint density at radius 3 is 2.54 bits per heavy atom. The van der Waals surface area contributed by atoms with Crippen LogP contribution in [0.15, 0.2) is 41.2 Å².